The number of nitrogens with zero attached hydrogens (tertiary/aromatic N) is 3. The first kappa shape index (κ1) is 13.3. The summed E-state index contributed by atoms with van der Waals surface area (Å²) in [6.45, 7) is 7.06. The summed E-state index contributed by atoms with van der Waals surface area (Å²) in [5.41, 5.74) is 6.78. The van der Waals surface area contributed by atoms with E-state index in [1.807, 2.05) is 0 Å². The Kier molecular flexibility index (Phi) is 4.19. The van der Waals surface area contributed by atoms with Gasteiger partial charge in [0.05, 0.1) is 12.2 Å². The van der Waals surface area contributed by atoms with Gasteiger partial charge in [-0.05, 0) is 39.8 Å². The third-order valence-electron chi connectivity index (χ3n) is 3.55. The van der Waals surface area contributed by atoms with Crippen molar-refractivity contribution >= 4 is 17.2 Å². The maximum atomic E-state index is 8.66. The Morgan fingerprint density at radius 2 is 2.17 bits per heavy atom. The molecule has 18 heavy (non-hydrogen) atoms. The number of thiazole rings is 1. The molecule has 0 aliphatic carbocycles. The molecule has 1 aliphatic heterocycles. The van der Waals surface area contributed by atoms with Crippen LogP contribution in [-0.4, -0.2) is 34.0 Å². The van der Waals surface area contributed by atoms with Crippen LogP contribution in [-0.2, 0) is 6.54 Å². The fourth-order valence-electron chi connectivity index (χ4n) is 2.27. The van der Waals surface area contributed by atoms with Crippen LogP contribution in [0.3, 0.4) is 0 Å². The lowest BCUT2D eigenvalue weighted by atomic mass is 9.96. The Morgan fingerprint density at radius 1 is 1.50 bits per heavy atom. The van der Waals surface area contributed by atoms with Crippen molar-refractivity contribution in [2.45, 2.75) is 33.2 Å². The molecular weight excluding hydrogens is 248 g/mol. The third-order valence-corrected chi connectivity index (χ3v) is 4.61. The average molecular weight is 268 g/mol. The van der Waals surface area contributed by atoms with Crippen LogP contribution < -0.4 is 5.73 Å². The van der Waals surface area contributed by atoms with Crippen molar-refractivity contribution in [2.75, 3.05) is 13.1 Å². The number of nitrogens with two attached hydrogens (primary N) is 1. The van der Waals surface area contributed by atoms with Crippen molar-refractivity contribution in [3.8, 4) is 0 Å². The molecule has 0 spiro atoms. The van der Waals surface area contributed by atoms with E-state index in [0.717, 1.165) is 38.2 Å². The average Bonchev–Trinajstić information content (AvgIpc) is 2.68. The van der Waals surface area contributed by atoms with Gasteiger partial charge in [0.1, 0.15) is 10.8 Å². The van der Waals surface area contributed by atoms with Crippen LogP contribution >= 0.6 is 11.3 Å². The van der Waals surface area contributed by atoms with Gasteiger partial charge in [0.25, 0.3) is 0 Å². The first-order valence-electron chi connectivity index (χ1n) is 6.23. The molecule has 3 N–H and O–H groups in total. The van der Waals surface area contributed by atoms with Crippen LogP contribution in [0.4, 0.5) is 0 Å². The maximum Gasteiger partial charge on any atom is 0.142 e. The molecule has 0 radical (unpaired) electrons. The topological polar surface area (TPSA) is 74.7 Å². The molecule has 0 saturated carbocycles. The number of likely N-dealkylation sites (tertiary alicyclic amines) is 1. The quantitative estimate of drug-likeness (QED) is 0.379. The number of oxime groups is 1. The maximum absolute atomic E-state index is 8.66. The van der Waals surface area contributed by atoms with E-state index in [1.54, 1.807) is 11.3 Å². The van der Waals surface area contributed by atoms with Crippen LogP contribution in [0.25, 0.3) is 0 Å². The van der Waals surface area contributed by atoms with Crippen molar-refractivity contribution in [3.05, 3.63) is 15.6 Å². The Bertz CT molecular complexity index is 416. The highest BCUT2D eigenvalue weighted by atomic mass is 32.1. The second-order valence-electron chi connectivity index (χ2n) is 4.82. The predicted octanol–water partition coefficient (Wildman–Crippen LogP) is 1.72. The molecule has 1 aromatic rings. The van der Waals surface area contributed by atoms with E-state index < -0.39 is 0 Å². The molecule has 2 rings (SSSR count). The minimum Gasteiger partial charge on any atom is -0.409 e. The van der Waals surface area contributed by atoms with Crippen molar-refractivity contribution in [1.82, 2.24) is 9.88 Å². The first-order valence-corrected chi connectivity index (χ1v) is 7.04. The summed E-state index contributed by atoms with van der Waals surface area (Å²) in [7, 11) is 0. The van der Waals surface area contributed by atoms with E-state index >= 15 is 0 Å². The van der Waals surface area contributed by atoms with Gasteiger partial charge in [-0.25, -0.2) is 4.98 Å². The normalized spacial score (nSPS) is 19.3. The van der Waals surface area contributed by atoms with Crippen LogP contribution in [0.1, 0.15) is 28.4 Å². The fraction of sp³-hybridized carbons (Fsp3) is 0.667. The zero-order chi connectivity index (χ0) is 13.1. The highest BCUT2D eigenvalue weighted by Gasteiger charge is 2.22. The monoisotopic (exact) mass is 268 g/mol. The molecule has 0 unspecified atom stereocenters. The number of hydrogen-bond acceptors (Lipinski definition) is 5. The van der Waals surface area contributed by atoms with E-state index in [0.29, 0.717) is 5.84 Å². The summed E-state index contributed by atoms with van der Waals surface area (Å²) in [4.78, 5) is 8.25. The minimum absolute atomic E-state index is 0.228. The molecule has 0 bridgehead atoms. The lowest BCUT2D eigenvalue weighted by Crippen LogP contribution is -2.38. The largest absolute Gasteiger partial charge is 0.409 e. The molecule has 0 amide bonds. The highest BCUT2D eigenvalue weighted by Crippen LogP contribution is 2.22. The van der Waals surface area contributed by atoms with Gasteiger partial charge >= 0.3 is 0 Å². The lowest BCUT2D eigenvalue weighted by molar-refractivity contribution is 0.198. The van der Waals surface area contributed by atoms with Gasteiger partial charge in [0, 0.05) is 10.8 Å². The summed E-state index contributed by atoms with van der Waals surface area (Å²) in [6, 6.07) is 0. The van der Waals surface area contributed by atoms with Gasteiger partial charge in [-0.3, -0.25) is 4.90 Å². The molecule has 1 aliphatic rings. The molecule has 0 aromatic carbocycles. The standard InChI is InChI=1S/C12H20N4OS/c1-8-9(2)18-11(14-8)7-16-5-3-10(4-6-16)12(13)15-17/h10,17H,3-7H2,1-2H3,(H2,13,15). The van der Waals surface area contributed by atoms with Crippen molar-refractivity contribution in [3.63, 3.8) is 0 Å². The van der Waals surface area contributed by atoms with Crippen molar-refractivity contribution < 1.29 is 5.21 Å². The Hall–Kier alpha value is -1.14. The number of rotatable bonds is 3. The number of amidine groups is 1. The zero-order valence-corrected chi connectivity index (χ0v) is 11.7. The molecule has 5 nitrogen and oxygen atoms in total. The smallest absolute Gasteiger partial charge is 0.142 e. The van der Waals surface area contributed by atoms with E-state index in [4.69, 9.17) is 10.9 Å². The molecule has 0 atom stereocenters. The molecule has 100 valence electrons. The Morgan fingerprint density at radius 3 is 2.67 bits per heavy atom. The van der Waals surface area contributed by atoms with Gasteiger partial charge < -0.3 is 10.9 Å². The summed E-state index contributed by atoms with van der Waals surface area (Å²) < 4.78 is 0. The van der Waals surface area contributed by atoms with Gasteiger partial charge in [-0.15, -0.1) is 11.3 Å². The van der Waals surface area contributed by atoms with Gasteiger partial charge in [0.2, 0.25) is 0 Å². The molecule has 2 heterocycles. The minimum atomic E-state index is 0.228. The van der Waals surface area contributed by atoms with Crippen LogP contribution in [0.2, 0.25) is 0 Å². The molecule has 1 fully saturated rings. The second-order valence-corrected chi connectivity index (χ2v) is 6.11. The number of piperidine rings is 1. The summed E-state index contributed by atoms with van der Waals surface area (Å²) in [5, 5.41) is 13.0. The zero-order valence-electron chi connectivity index (χ0n) is 10.9. The summed E-state index contributed by atoms with van der Waals surface area (Å²) in [6.07, 6.45) is 1.92. The van der Waals surface area contributed by atoms with E-state index in [9.17, 15) is 0 Å². The first-order chi connectivity index (χ1) is 8.60. The summed E-state index contributed by atoms with van der Waals surface area (Å²) in [5.74, 6) is 0.599. The Labute approximate surface area is 111 Å². The molecule has 1 aromatic heterocycles. The predicted molar refractivity (Wildman–Crippen MR) is 73.0 cm³/mol. The molecule has 6 heteroatoms. The van der Waals surface area contributed by atoms with Gasteiger partial charge in [-0.2, -0.15) is 0 Å². The van der Waals surface area contributed by atoms with E-state index in [-0.39, 0.29) is 5.92 Å². The van der Waals surface area contributed by atoms with Crippen molar-refractivity contribution in [2.24, 2.45) is 16.8 Å². The molecule has 1 saturated heterocycles. The fourth-order valence-corrected chi connectivity index (χ4v) is 3.24. The lowest BCUT2D eigenvalue weighted by Gasteiger charge is -2.30. The highest BCUT2D eigenvalue weighted by molar-refractivity contribution is 7.11. The van der Waals surface area contributed by atoms with Crippen molar-refractivity contribution in [1.29, 1.82) is 0 Å². The SMILES string of the molecule is Cc1nc(CN2CCC(C(N)=NO)CC2)sc1C. The van der Waals surface area contributed by atoms with E-state index in [1.165, 1.54) is 9.88 Å². The molecular formula is C12H20N4OS. The summed E-state index contributed by atoms with van der Waals surface area (Å²) >= 11 is 1.78. The van der Waals surface area contributed by atoms with E-state index in [2.05, 4.69) is 28.9 Å². The second kappa shape index (κ2) is 5.67. The van der Waals surface area contributed by atoms with Crippen LogP contribution in [0.15, 0.2) is 5.16 Å². The Balaban J connectivity index is 1.87. The van der Waals surface area contributed by atoms with Crippen LogP contribution in [0, 0.1) is 19.8 Å². The number of aromatic nitrogens is 1. The van der Waals surface area contributed by atoms with Gasteiger partial charge in [-0.1, -0.05) is 5.16 Å². The van der Waals surface area contributed by atoms with Gasteiger partial charge in [0.15, 0.2) is 0 Å². The van der Waals surface area contributed by atoms with Crippen LogP contribution in [0.5, 0.6) is 0 Å². The third kappa shape index (κ3) is 3.00. The number of aryl methyl sites for hydroxylation is 2. The number of hydrogen-bond donors (Lipinski definition) is 2.